The molecule has 0 aromatic heterocycles. The van der Waals surface area contributed by atoms with E-state index in [4.69, 9.17) is 5.11 Å². The Bertz CT molecular complexity index is 311. The molecule has 1 aromatic carbocycles. The summed E-state index contributed by atoms with van der Waals surface area (Å²) in [6.07, 6.45) is -4.77. The van der Waals surface area contributed by atoms with E-state index in [9.17, 15) is 13.2 Å². The van der Waals surface area contributed by atoms with Gasteiger partial charge in [0, 0.05) is 3.57 Å². The zero-order valence-electron chi connectivity index (χ0n) is 6.10. The van der Waals surface area contributed by atoms with E-state index >= 15 is 0 Å². The number of phenolic OH excluding ortho intramolecular Hbond substituents is 1. The fourth-order valence-electron chi connectivity index (χ4n) is 0.702. The lowest BCUT2D eigenvalue weighted by Gasteiger charge is -2.09. The van der Waals surface area contributed by atoms with Crippen LogP contribution in [0.25, 0.3) is 0 Å². The minimum atomic E-state index is -4.77. The molecule has 0 radical (unpaired) electrons. The Morgan fingerprint density at radius 2 is 1.92 bits per heavy atom. The van der Waals surface area contributed by atoms with Crippen LogP contribution in [-0.2, 0) is 0 Å². The van der Waals surface area contributed by atoms with Gasteiger partial charge in [0.25, 0.3) is 0 Å². The standard InChI is InChI=1S/C7H4F3IO2/c8-7(9,10)13-6-2-1-4(11)3-5(6)12/h1-3,12H. The van der Waals surface area contributed by atoms with E-state index in [0.29, 0.717) is 3.57 Å². The van der Waals surface area contributed by atoms with E-state index in [1.807, 2.05) is 22.6 Å². The summed E-state index contributed by atoms with van der Waals surface area (Å²) in [6, 6.07) is 3.65. The third-order valence-electron chi connectivity index (χ3n) is 1.15. The summed E-state index contributed by atoms with van der Waals surface area (Å²) in [5.74, 6) is -1.11. The molecule has 6 heteroatoms. The van der Waals surface area contributed by atoms with Gasteiger partial charge < -0.3 is 9.84 Å². The summed E-state index contributed by atoms with van der Waals surface area (Å²) >= 11 is 1.86. The Morgan fingerprint density at radius 1 is 1.31 bits per heavy atom. The van der Waals surface area contributed by atoms with Crippen molar-refractivity contribution in [2.24, 2.45) is 0 Å². The first-order chi connectivity index (χ1) is 5.88. The number of alkyl halides is 3. The highest BCUT2D eigenvalue weighted by Crippen LogP contribution is 2.31. The first-order valence-corrected chi connectivity index (χ1v) is 4.20. The summed E-state index contributed by atoms with van der Waals surface area (Å²) in [6.45, 7) is 0. The Balaban J connectivity index is 2.90. The number of phenols is 1. The van der Waals surface area contributed by atoms with Crippen molar-refractivity contribution in [2.75, 3.05) is 0 Å². The third-order valence-corrected chi connectivity index (χ3v) is 1.82. The zero-order valence-corrected chi connectivity index (χ0v) is 8.26. The van der Waals surface area contributed by atoms with Crippen molar-refractivity contribution >= 4 is 22.6 Å². The monoisotopic (exact) mass is 304 g/mol. The Morgan fingerprint density at radius 3 is 2.38 bits per heavy atom. The SMILES string of the molecule is Oc1cc(I)ccc1OC(F)(F)F. The van der Waals surface area contributed by atoms with Crippen LogP contribution in [0.1, 0.15) is 0 Å². The maximum absolute atomic E-state index is 11.7. The molecule has 0 unspecified atom stereocenters. The van der Waals surface area contributed by atoms with E-state index in [2.05, 4.69) is 4.74 Å². The fourth-order valence-corrected chi connectivity index (χ4v) is 1.18. The summed E-state index contributed by atoms with van der Waals surface area (Å²) in [7, 11) is 0. The molecule has 0 saturated heterocycles. The molecule has 0 aliphatic heterocycles. The zero-order chi connectivity index (χ0) is 10.1. The molecule has 0 fully saturated rings. The van der Waals surface area contributed by atoms with Crippen molar-refractivity contribution in [1.29, 1.82) is 0 Å². The van der Waals surface area contributed by atoms with Crippen LogP contribution in [0.5, 0.6) is 11.5 Å². The van der Waals surface area contributed by atoms with Gasteiger partial charge in [0.15, 0.2) is 11.5 Å². The van der Waals surface area contributed by atoms with Crippen LogP contribution in [0.4, 0.5) is 13.2 Å². The average molecular weight is 304 g/mol. The smallest absolute Gasteiger partial charge is 0.504 e. The van der Waals surface area contributed by atoms with Gasteiger partial charge in [0.1, 0.15) is 0 Å². The molecule has 0 atom stereocenters. The lowest BCUT2D eigenvalue weighted by atomic mass is 10.3. The highest BCUT2D eigenvalue weighted by Gasteiger charge is 2.32. The molecule has 0 aliphatic carbocycles. The summed E-state index contributed by atoms with van der Waals surface area (Å²) in [5, 5.41) is 9.02. The molecule has 0 bridgehead atoms. The van der Waals surface area contributed by atoms with Crippen LogP contribution < -0.4 is 4.74 Å². The van der Waals surface area contributed by atoms with E-state index in [1.54, 1.807) is 0 Å². The van der Waals surface area contributed by atoms with Gasteiger partial charge in [-0.2, -0.15) is 0 Å². The van der Waals surface area contributed by atoms with Gasteiger partial charge in [0.2, 0.25) is 0 Å². The predicted octanol–water partition coefficient (Wildman–Crippen LogP) is 2.90. The maximum Gasteiger partial charge on any atom is 0.573 e. The lowest BCUT2D eigenvalue weighted by Crippen LogP contribution is -2.17. The van der Waals surface area contributed by atoms with Crippen molar-refractivity contribution in [2.45, 2.75) is 6.36 Å². The van der Waals surface area contributed by atoms with Crippen molar-refractivity contribution in [3.05, 3.63) is 21.8 Å². The van der Waals surface area contributed by atoms with Crippen LogP contribution in [0.3, 0.4) is 0 Å². The number of hydrogen-bond acceptors (Lipinski definition) is 2. The van der Waals surface area contributed by atoms with Gasteiger partial charge in [-0.15, -0.1) is 13.2 Å². The van der Waals surface area contributed by atoms with Gasteiger partial charge in [-0.05, 0) is 40.8 Å². The normalized spacial score (nSPS) is 11.4. The molecule has 0 heterocycles. The third kappa shape index (κ3) is 3.29. The van der Waals surface area contributed by atoms with Gasteiger partial charge in [-0.1, -0.05) is 0 Å². The number of aromatic hydroxyl groups is 1. The van der Waals surface area contributed by atoms with Crippen molar-refractivity contribution in [1.82, 2.24) is 0 Å². The van der Waals surface area contributed by atoms with Gasteiger partial charge in [-0.3, -0.25) is 0 Å². The summed E-state index contributed by atoms with van der Waals surface area (Å²) in [4.78, 5) is 0. The van der Waals surface area contributed by atoms with Gasteiger partial charge in [0.05, 0.1) is 0 Å². The molecule has 1 aromatic rings. The highest BCUT2D eigenvalue weighted by molar-refractivity contribution is 14.1. The first-order valence-electron chi connectivity index (χ1n) is 3.13. The molecular formula is C7H4F3IO2. The van der Waals surface area contributed by atoms with Crippen LogP contribution in [-0.4, -0.2) is 11.5 Å². The molecule has 0 spiro atoms. The minimum Gasteiger partial charge on any atom is -0.504 e. The van der Waals surface area contributed by atoms with Crippen molar-refractivity contribution < 1.29 is 23.0 Å². The van der Waals surface area contributed by atoms with Crippen LogP contribution in [0.2, 0.25) is 0 Å². The molecule has 2 nitrogen and oxygen atoms in total. The summed E-state index contributed by atoms with van der Waals surface area (Å²) in [5.41, 5.74) is 0. The van der Waals surface area contributed by atoms with Crippen LogP contribution in [0.15, 0.2) is 18.2 Å². The predicted molar refractivity (Wildman–Crippen MR) is 47.5 cm³/mol. The lowest BCUT2D eigenvalue weighted by molar-refractivity contribution is -0.275. The Kier molecular flexibility index (Phi) is 2.89. The van der Waals surface area contributed by atoms with Crippen molar-refractivity contribution in [3.63, 3.8) is 0 Å². The molecule has 1 N–H and O–H groups in total. The second-order valence-electron chi connectivity index (χ2n) is 2.16. The number of hydrogen-bond donors (Lipinski definition) is 1. The second kappa shape index (κ2) is 3.60. The molecule has 0 saturated carbocycles. The molecular weight excluding hydrogens is 300 g/mol. The van der Waals surface area contributed by atoms with Gasteiger partial charge in [-0.25, -0.2) is 0 Å². The Hall–Kier alpha value is -0.660. The number of ether oxygens (including phenoxy) is 1. The van der Waals surface area contributed by atoms with E-state index < -0.39 is 17.9 Å². The van der Waals surface area contributed by atoms with E-state index in [0.717, 1.165) is 6.07 Å². The first kappa shape index (κ1) is 10.4. The molecule has 0 aliphatic rings. The van der Waals surface area contributed by atoms with E-state index in [1.165, 1.54) is 12.1 Å². The molecule has 0 amide bonds. The maximum atomic E-state index is 11.7. The molecule has 72 valence electrons. The number of benzene rings is 1. The number of rotatable bonds is 1. The quantitative estimate of drug-likeness (QED) is 0.808. The molecule has 13 heavy (non-hydrogen) atoms. The summed E-state index contributed by atoms with van der Waals surface area (Å²) < 4.78 is 39.2. The number of halogens is 4. The van der Waals surface area contributed by atoms with Crippen molar-refractivity contribution in [3.8, 4) is 11.5 Å². The Labute approximate surface area is 85.5 Å². The largest absolute Gasteiger partial charge is 0.573 e. The van der Waals surface area contributed by atoms with Crippen LogP contribution >= 0.6 is 22.6 Å². The van der Waals surface area contributed by atoms with Gasteiger partial charge >= 0.3 is 6.36 Å². The topological polar surface area (TPSA) is 29.5 Å². The van der Waals surface area contributed by atoms with E-state index in [-0.39, 0.29) is 0 Å². The van der Waals surface area contributed by atoms with Crippen LogP contribution in [0, 0.1) is 3.57 Å². The fraction of sp³-hybridized carbons (Fsp3) is 0.143. The highest BCUT2D eigenvalue weighted by atomic mass is 127. The molecule has 1 rings (SSSR count). The minimum absolute atomic E-state index is 0.524. The average Bonchev–Trinajstić information content (AvgIpc) is 1.93. The second-order valence-corrected chi connectivity index (χ2v) is 3.41.